The molecule has 0 aliphatic carbocycles. The summed E-state index contributed by atoms with van der Waals surface area (Å²) < 4.78 is 19.6. The topological polar surface area (TPSA) is 35.2 Å². The maximum absolute atomic E-state index is 14.4. The predicted octanol–water partition coefficient (Wildman–Crippen LogP) is 2.77. The molecule has 2 N–H and O–H groups in total. The van der Waals surface area contributed by atoms with Crippen LogP contribution in [0.1, 0.15) is 36.9 Å². The Morgan fingerprint density at radius 2 is 1.88 bits per heavy atom. The Bertz CT molecular complexity index is 355. The lowest BCUT2D eigenvalue weighted by atomic mass is 9.89. The van der Waals surface area contributed by atoms with Gasteiger partial charge in [0.25, 0.3) is 0 Å². The van der Waals surface area contributed by atoms with E-state index in [0.29, 0.717) is 32.5 Å². The van der Waals surface area contributed by atoms with Crippen LogP contribution in [0.3, 0.4) is 0 Å². The zero-order chi connectivity index (χ0) is 12.3. The lowest BCUT2D eigenvalue weighted by Crippen LogP contribution is -2.33. The second-order valence-corrected chi connectivity index (χ2v) is 4.97. The Morgan fingerprint density at radius 3 is 2.41 bits per heavy atom. The third-order valence-electron chi connectivity index (χ3n) is 3.42. The molecule has 0 amide bonds. The highest BCUT2D eigenvalue weighted by Gasteiger charge is 2.32. The molecule has 1 saturated heterocycles. The van der Waals surface area contributed by atoms with E-state index in [4.69, 9.17) is 10.5 Å². The zero-order valence-corrected chi connectivity index (χ0v) is 10.3. The lowest BCUT2D eigenvalue weighted by Gasteiger charge is -2.29. The summed E-state index contributed by atoms with van der Waals surface area (Å²) in [5.41, 5.74) is 6.83. The molecule has 1 fully saturated rings. The summed E-state index contributed by atoms with van der Waals surface area (Å²) in [6.45, 7) is 3.02. The highest BCUT2D eigenvalue weighted by Crippen LogP contribution is 2.29. The molecule has 1 heterocycles. The molecule has 0 saturated carbocycles. The largest absolute Gasteiger partial charge is 0.381 e. The van der Waals surface area contributed by atoms with Gasteiger partial charge in [-0.15, -0.1) is 0 Å². The van der Waals surface area contributed by atoms with E-state index in [9.17, 15) is 4.39 Å². The van der Waals surface area contributed by atoms with Crippen molar-refractivity contribution in [3.05, 3.63) is 35.4 Å². The summed E-state index contributed by atoms with van der Waals surface area (Å²) in [5.74, 6) is 0. The van der Waals surface area contributed by atoms with Gasteiger partial charge in [0.15, 0.2) is 0 Å². The zero-order valence-electron chi connectivity index (χ0n) is 10.3. The first-order valence-electron chi connectivity index (χ1n) is 6.20. The van der Waals surface area contributed by atoms with Gasteiger partial charge in [-0.05, 0) is 18.1 Å². The number of halogens is 1. The van der Waals surface area contributed by atoms with Crippen LogP contribution in [0.25, 0.3) is 0 Å². The van der Waals surface area contributed by atoms with Crippen LogP contribution in [-0.2, 0) is 11.2 Å². The Kier molecular flexibility index (Phi) is 3.79. The second kappa shape index (κ2) is 5.15. The molecule has 2 nitrogen and oxygen atoms in total. The summed E-state index contributed by atoms with van der Waals surface area (Å²) in [5, 5.41) is 0. The fourth-order valence-electron chi connectivity index (χ4n) is 2.22. The van der Waals surface area contributed by atoms with Crippen molar-refractivity contribution in [1.29, 1.82) is 0 Å². The third kappa shape index (κ3) is 3.27. The molecule has 1 aliphatic heterocycles. The smallest absolute Gasteiger partial charge is 0.119 e. The van der Waals surface area contributed by atoms with Gasteiger partial charge in [-0.2, -0.15) is 0 Å². The normalized spacial score (nSPS) is 21.1. The Hall–Kier alpha value is -0.930. The van der Waals surface area contributed by atoms with Crippen LogP contribution in [-0.4, -0.2) is 18.9 Å². The number of hydrogen-bond donors (Lipinski definition) is 1. The van der Waals surface area contributed by atoms with Crippen molar-refractivity contribution in [2.75, 3.05) is 13.2 Å². The number of hydrogen-bond acceptors (Lipinski definition) is 2. The molecule has 1 aromatic carbocycles. The lowest BCUT2D eigenvalue weighted by molar-refractivity contribution is -0.00816. The molecular weight excluding hydrogens is 217 g/mol. The fourth-order valence-corrected chi connectivity index (χ4v) is 2.22. The molecular formula is C14H20FNO. The van der Waals surface area contributed by atoms with Crippen molar-refractivity contribution < 1.29 is 9.13 Å². The first-order chi connectivity index (χ1) is 8.09. The van der Waals surface area contributed by atoms with E-state index in [1.165, 1.54) is 0 Å². The summed E-state index contributed by atoms with van der Waals surface area (Å²) in [7, 11) is 0. The van der Waals surface area contributed by atoms with Gasteiger partial charge in [-0.1, -0.05) is 24.3 Å². The van der Waals surface area contributed by atoms with Crippen molar-refractivity contribution in [2.45, 2.75) is 37.9 Å². The Labute approximate surface area is 102 Å². The van der Waals surface area contributed by atoms with Gasteiger partial charge in [0, 0.05) is 38.5 Å². The highest BCUT2D eigenvalue weighted by molar-refractivity contribution is 5.25. The molecule has 17 heavy (non-hydrogen) atoms. The molecule has 1 atom stereocenters. The molecule has 2 rings (SSSR count). The number of rotatable bonds is 3. The van der Waals surface area contributed by atoms with Crippen molar-refractivity contribution in [2.24, 2.45) is 5.73 Å². The predicted molar refractivity (Wildman–Crippen MR) is 66.6 cm³/mol. The molecule has 0 bridgehead atoms. The average Bonchev–Trinajstić information content (AvgIpc) is 2.30. The van der Waals surface area contributed by atoms with E-state index < -0.39 is 5.67 Å². The van der Waals surface area contributed by atoms with Gasteiger partial charge >= 0.3 is 0 Å². The van der Waals surface area contributed by atoms with E-state index >= 15 is 0 Å². The van der Waals surface area contributed by atoms with Gasteiger partial charge in [-0.25, -0.2) is 4.39 Å². The molecule has 3 heteroatoms. The number of benzene rings is 1. The van der Waals surface area contributed by atoms with Gasteiger partial charge in [0.05, 0.1) is 0 Å². The van der Waals surface area contributed by atoms with E-state index in [1.54, 1.807) is 0 Å². The maximum Gasteiger partial charge on any atom is 0.119 e. The summed E-state index contributed by atoms with van der Waals surface area (Å²) in [6, 6.07) is 7.97. The van der Waals surface area contributed by atoms with Crippen molar-refractivity contribution in [1.82, 2.24) is 0 Å². The van der Waals surface area contributed by atoms with Crippen LogP contribution in [0.4, 0.5) is 4.39 Å². The van der Waals surface area contributed by atoms with E-state index in [-0.39, 0.29) is 6.04 Å². The highest BCUT2D eigenvalue weighted by atomic mass is 19.1. The standard InChI is InChI=1S/C14H20FNO/c1-11(16)13-4-2-12(3-5-13)10-14(15)6-8-17-9-7-14/h2-5,11H,6-10,16H2,1H3. The van der Waals surface area contributed by atoms with Crippen molar-refractivity contribution in [3.8, 4) is 0 Å². The SMILES string of the molecule is CC(N)c1ccc(CC2(F)CCOCC2)cc1. The molecule has 1 aliphatic rings. The minimum absolute atomic E-state index is 0.0338. The second-order valence-electron chi connectivity index (χ2n) is 4.97. The molecule has 0 radical (unpaired) electrons. The molecule has 94 valence electrons. The summed E-state index contributed by atoms with van der Waals surface area (Å²) in [4.78, 5) is 0. The maximum atomic E-state index is 14.4. The minimum atomic E-state index is -1.09. The van der Waals surface area contributed by atoms with Crippen LogP contribution in [0.15, 0.2) is 24.3 Å². The summed E-state index contributed by atoms with van der Waals surface area (Å²) in [6.07, 6.45) is 1.49. The van der Waals surface area contributed by atoms with E-state index in [2.05, 4.69) is 0 Å². The van der Waals surface area contributed by atoms with Gasteiger partial charge in [0.1, 0.15) is 5.67 Å². The number of nitrogens with two attached hydrogens (primary N) is 1. The monoisotopic (exact) mass is 237 g/mol. The molecule has 0 aromatic heterocycles. The van der Waals surface area contributed by atoms with Crippen LogP contribution in [0, 0.1) is 0 Å². The van der Waals surface area contributed by atoms with Crippen molar-refractivity contribution in [3.63, 3.8) is 0 Å². The third-order valence-corrected chi connectivity index (χ3v) is 3.42. The van der Waals surface area contributed by atoms with Crippen LogP contribution in [0.2, 0.25) is 0 Å². The average molecular weight is 237 g/mol. The summed E-state index contributed by atoms with van der Waals surface area (Å²) >= 11 is 0. The first kappa shape index (κ1) is 12.5. The number of ether oxygens (including phenoxy) is 1. The minimum Gasteiger partial charge on any atom is -0.381 e. The van der Waals surface area contributed by atoms with Crippen LogP contribution < -0.4 is 5.73 Å². The van der Waals surface area contributed by atoms with E-state index in [0.717, 1.165) is 11.1 Å². The molecule has 1 unspecified atom stereocenters. The van der Waals surface area contributed by atoms with Gasteiger partial charge < -0.3 is 10.5 Å². The first-order valence-corrected chi connectivity index (χ1v) is 6.20. The Balaban J connectivity index is 2.03. The Morgan fingerprint density at radius 1 is 1.29 bits per heavy atom. The van der Waals surface area contributed by atoms with E-state index in [1.807, 2.05) is 31.2 Å². The quantitative estimate of drug-likeness (QED) is 0.877. The van der Waals surface area contributed by atoms with Crippen molar-refractivity contribution >= 4 is 0 Å². The van der Waals surface area contributed by atoms with Crippen LogP contribution in [0.5, 0.6) is 0 Å². The van der Waals surface area contributed by atoms with Gasteiger partial charge in [0.2, 0.25) is 0 Å². The molecule has 1 aromatic rings. The van der Waals surface area contributed by atoms with Crippen LogP contribution >= 0.6 is 0 Å². The molecule has 0 spiro atoms. The fraction of sp³-hybridized carbons (Fsp3) is 0.571. The number of alkyl halides is 1. The van der Waals surface area contributed by atoms with Gasteiger partial charge in [-0.3, -0.25) is 0 Å².